The van der Waals surface area contributed by atoms with Crippen LogP contribution in [0.1, 0.15) is 31.7 Å². The molecule has 0 saturated carbocycles. The Balaban J connectivity index is 3.05. The van der Waals surface area contributed by atoms with E-state index in [1.165, 1.54) is 5.56 Å². The van der Waals surface area contributed by atoms with Crippen molar-refractivity contribution in [3.05, 3.63) is 23.8 Å². The van der Waals surface area contributed by atoms with E-state index < -0.39 is 0 Å². The zero-order chi connectivity index (χ0) is 13.7. The average molecular weight is 270 g/mol. The molecule has 0 heterocycles. The Morgan fingerprint density at radius 3 is 2.61 bits per heavy atom. The molecule has 1 aromatic carbocycles. The second kappa shape index (κ2) is 6.64. The molecule has 0 aliphatic carbocycles. The number of anilines is 1. The summed E-state index contributed by atoms with van der Waals surface area (Å²) >= 11 is 5.59. The lowest BCUT2D eigenvalue weighted by Crippen LogP contribution is -2.26. The van der Waals surface area contributed by atoms with Gasteiger partial charge in [-0.2, -0.15) is 0 Å². The van der Waals surface area contributed by atoms with Gasteiger partial charge in [-0.3, -0.25) is 4.79 Å². The zero-order valence-electron chi connectivity index (χ0n) is 11.4. The van der Waals surface area contributed by atoms with Gasteiger partial charge in [-0.25, -0.2) is 0 Å². The van der Waals surface area contributed by atoms with Gasteiger partial charge in [0.25, 0.3) is 0 Å². The Bertz CT molecular complexity index is 418. The summed E-state index contributed by atoms with van der Waals surface area (Å²) in [6.45, 7) is 4.24. The van der Waals surface area contributed by atoms with Crippen LogP contribution in [-0.4, -0.2) is 25.9 Å². The van der Waals surface area contributed by atoms with Crippen molar-refractivity contribution in [2.75, 3.05) is 24.9 Å². The van der Waals surface area contributed by atoms with Gasteiger partial charge in [0.2, 0.25) is 5.91 Å². The molecular weight excluding hydrogens is 250 g/mol. The van der Waals surface area contributed by atoms with E-state index in [9.17, 15) is 4.79 Å². The highest BCUT2D eigenvalue weighted by Crippen LogP contribution is 2.31. The number of carbonyl (C=O) groups is 1. The lowest BCUT2D eigenvalue weighted by molar-refractivity contribution is -0.117. The molecule has 0 atom stereocenters. The third-order valence-corrected chi connectivity index (χ3v) is 3.10. The molecular formula is C14H20ClNO2. The van der Waals surface area contributed by atoms with E-state index >= 15 is 0 Å². The van der Waals surface area contributed by atoms with E-state index in [-0.39, 0.29) is 5.91 Å². The maximum atomic E-state index is 11.8. The van der Waals surface area contributed by atoms with Gasteiger partial charge >= 0.3 is 0 Å². The highest BCUT2D eigenvalue weighted by molar-refractivity contribution is 6.19. The van der Waals surface area contributed by atoms with Crippen molar-refractivity contribution in [3.63, 3.8) is 0 Å². The Morgan fingerprint density at radius 1 is 1.44 bits per heavy atom. The first-order chi connectivity index (χ1) is 8.51. The van der Waals surface area contributed by atoms with Gasteiger partial charge in [-0.05, 0) is 23.6 Å². The molecule has 0 saturated heterocycles. The highest BCUT2D eigenvalue weighted by Gasteiger charge is 2.15. The fraction of sp³-hybridized carbons (Fsp3) is 0.500. The minimum absolute atomic E-state index is 0.0133. The van der Waals surface area contributed by atoms with E-state index in [2.05, 4.69) is 13.8 Å². The minimum atomic E-state index is -0.0133. The van der Waals surface area contributed by atoms with Crippen molar-refractivity contribution < 1.29 is 9.53 Å². The van der Waals surface area contributed by atoms with Crippen molar-refractivity contribution in [3.8, 4) is 5.75 Å². The van der Waals surface area contributed by atoms with E-state index in [1.54, 1.807) is 19.1 Å². The summed E-state index contributed by atoms with van der Waals surface area (Å²) in [6, 6.07) is 5.91. The summed E-state index contributed by atoms with van der Waals surface area (Å²) < 4.78 is 5.36. The Kier molecular flexibility index (Phi) is 5.48. The van der Waals surface area contributed by atoms with Crippen LogP contribution < -0.4 is 9.64 Å². The van der Waals surface area contributed by atoms with Gasteiger partial charge in [0, 0.05) is 19.3 Å². The van der Waals surface area contributed by atoms with Crippen LogP contribution in [0.5, 0.6) is 5.75 Å². The number of ether oxygens (including phenoxy) is 1. The van der Waals surface area contributed by atoms with Crippen molar-refractivity contribution in [2.45, 2.75) is 26.2 Å². The predicted molar refractivity (Wildman–Crippen MR) is 75.8 cm³/mol. The van der Waals surface area contributed by atoms with Crippen LogP contribution in [-0.2, 0) is 4.79 Å². The highest BCUT2D eigenvalue weighted by atomic mass is 35.5. The normalized spacial score (nSPS) is 10.6. The average Bonchev–Trinajstić information content (AvgIpc) is 2.37. The lowest BCUT2D eigenvalue weighted by Gasteiger charge is -2.21. The number of hydrogen-bond donors (Lipinski definition) is 0. The second-order valence-electron chi connectivity index (χ2n) is 4.48. The van der Waals surface area contributed by atoms with Crippen LogP contribution in [0, 0.1) is 0 Å². The summed E-state index contributed by atoms with van der Waals surface area (Å²) in [6.07, 6.45) is 0.327. The number of alkyl halides is 1. The summed E-state index contributed by atoms with van der Waals surface area (Å²) in [7, 11) is 3.35. The Labute approximate surface area is 114 Å². The Hall–Kier alpha value is -1.22. The molecule has 100 valence electrons. The van der Waals surface area contributed by atoms with E-state index in [0.29, 0.717) is 24.0 Å². The molecule has 0 fully saturated rings. The number of hydrogen-bond acceptors (Lipinski definition) is 2. The first kappa shape index (κ1) is 14.8. The van der Waals surface area contributed by atoms with Gasteiger partial charge in [0.15, 0.2) is 0 Å². The summed E-state index contributed by atoms with van der Waals surface area (Å²) in [5, 5.41) is 0. The topological polar surface area (TPSA) is 29.5 Å². The zero-order valence-corrected chi connectivity index (χ0v) is 12.1. The predicted octanol–water partition coefficient (Wildman–Crippen LogP) is 3.41. The van der Waals surface area contributed by atoms with Crippen LogP contribution in [0.4, 0.5) is 5.69 Å². The largest absolute Gasteiger partial charge is 0.495 e. The van der Waals surface area contributed by atoms with Crippen molar-refractivity contribution in [1.82, 2.24) is 0 Å². The SMILES string of the molecule is COc1cc(C(C)C)ccc1N(C)C(=O)CCCl. The van der Waals surface area contributed by atoms with Gasteiger partial charge in [0.05, 0.1) is 12.8 Å². The lowest BCUT2D eigenvalue weighted by atomic mass is 10.0. The fourth-order valence-corrected chi connectivity index (χ4v) is 1.87. The molecule has 0 spiro atoms. The van der Waals surface area contributed by atoms with Gasteiger partial charge < -0.3 is 9.64 Å². The number of benzene rings is 1. The van der Waals surface area contributed by atoms with Crippen LogP contribution in [0.25, 0.3) is 0 Å². The van der Waals surface area contributed by atoms with Gasteiger partial charge in [-0.1, -0.05) is 19.9 Å². The smallest absolute Gasteiger partial charge is 0.228 e. The van der Waals surface area contributed by atoms with E-state index in [0.717, 1.165) is 5.69 Å². The molecule has 1 rings (SSSR count). The summed E-state index contributed by atoms with van der Waals surface area (Å²) in [5.41, 5.74) is 1.96. The number of nitrogens with zero attached hydrogens (tertiary/aromatic N) is 1. The van der Waals surface area contributed by atoms with Crippen LogP contribution in [0.3, 0.4) is 0 Å². The maximum Gasteiger partial charge on any atom is 0.228 e. The number of halogens is 1. The Morgan fingerprint density at radius 2 is 2.11 bits per heavy atom. The van der Waals surface area contributed by atoms with Crippen LogP contribution in [0.2, 0.25) is 0 Å². The molecule has 0 N–H and O–H groups in total. The van der Waals surface area contributed by atoms with Crippen molar-refractivity contribution >= 4 is 23.2 Å². The van der Waals surface area contributed by atoms with E-state index in [4.69, 9.17) is 16.3 Å². The summed E-state index contributed by atoms with van der Waals surface area (Å²) in [4.78, 5) is 13.4. The van der Waals surface area contributed by atoms with Crippen molar-refractivity contribution in [1.29, 1.82) is 0 Å². The molecule has 0 radical (unpaired) electrons. The van der Waals surface area contributed by atoms with Gasteiger partial charge in [-0.15, -0.1) is 11.6 Å². The molecule has 0 bridgehead atoms. The maximum absolute atomic E-state index is 11.8. The monoisotopic (exact) mass is 269 g/mol. The first-order valence-corrected chi connectivity index (χ1v) is 6.55. The molecule has 1 amide bonds. The molecule has 4 heteroatoms. The third kappa shape index (κ3) is 3.39. The number of amides is 1. The second-order valence-corrected chi connectivity index (χ2v) is 4.86. The number of carbonyl (C=O) groups excluding carboxylic acids is 1. The molecule has 0 aliphatic rings. The molecule has 0 unspecified atom stereocenters. The molecule has 18 heavy (non-hydrogen) atoms. The molecule has 1 aromatic rings. The quantitative estimate of drug-likeness (QED) is 0.767. The first-order valence-electron chi connectivity index (χ1n) is 6.01. The minimum Gasteiger partial charge on any atom is -0.495 e. The fourth-order valence-electron chi connectivity index (χ4n) is 1.71. The van der Waals surface area contributed by atoms with E-state index in [1.807, 2.05) is 18.2 Å². The third-order valence-electron chi connectivity index (χ3n) is 2.91. The molecule has 0 aliphatic heterocycles. The van der Waals surface area contributed by atoms with Crippen LogP contribution >= 0.6 is 11.6 Å². The van der Waals surface area contributed by atoms with Crippen molar-refractivity contribution in [2.24, 2.45) is 0 Å². The number of rotatable bonds is 5. The summed E-state index contributed by atoms with van der Waals surface area (Å²) in [5.74, 6) is 1.46. The molecule has 3 nitrogen and oxygen atoms in total. The van der Waals surface area contributed by atoms with Crippen LogP contribution in [0.15, 0.2) is 18.2 Å². The molecule has 0 aromatic heterocycles. The van der Waals surface area contributed by atoms with Gasteiger partial charge in [0.1, 0.15) is 5.75 Å². The number of methoxy groups -OCH3 is 1. The standard InChI is InChI=1S/C14H20ClNO2/c1-10(2)11-5-6-12(13(9-11)18-4)16(3)14(17)7-8-15/h5-6,9-10H,7-8H2,1-4H3.